The lowest BCUT2D eigenvalue weighted by atomic mass is 10.1. The predicted molar refractivity (Wildman–Crippen MR) is 79.0 cm³/mol. The third kappa shape index (κ3) is 1.94. The first-order chi connectivity index (χ1) is 11.0. The van der Waals surface area contributed by atoms with Crippen LogP contribution in [-0.2, 0) is 0 Å². The maximum absolute atomic E-state index is 12.3. The molecule has 0 amide bonds. The summed E-state index contributed by atoms with van der Waals surface area (Å²) in [7, 11) is 0. The molecule has 2 heterocycles. The lowest BCUT2D eigenvalue weighted by Gasteiger charge is -2.07. The molecule has 1 aliphatic heterocycles. The average molecular weight is 314 g/mol. The monoisotopic (exact) mass is 314 g/mol. The van der Waals surface area contributed by atoms with E-state index < -0.39 is 5.43 Å². The molecule has 4 rings (SSSR count). The lowest BCUT2D eigenvalue weighted by Crippen LogP contribution is -2.01. The SMILES string of the molecule is O=c1cc(-c2ccc(O)c(O)c2)oc2cc3c(c(O)c12)OCO3. The second-order valence-corrected chi connectivity index (χ2v) is 5.01. The fourth-order valence-electron chi connectivity index (χ4n) is 2.48. The number of phenols is 3. The van der Waals surface area contributed by atoms with Gasteiger partial charge in [-0.15, -0.1) is 0 Å². The van der Waals surface area contributed by atoms with Gasteiger partial charge in [0.2, 0.25) is 12.5 Å². The quantitative estimate of drug-likeness (QED) is 0.591. The van der Waals surface area contributed by atoms with Gasteiger partial charge in [0.25, 0.3) is 0 Å². The summed E-state index contributed by atoms with van der Waals surface area (Å²) >= 11 is 0. The molecule has 1 aromatic heterocycles. The number of benzene rings is 2. The number of hydrogen-bond donors (Lipinski definition) is 3. The van der Waals surface area contributed by atoms with E-state index in [0.29, 0.717) is 5.56 Å². The van der Waals surface area contributed by atoms with Crippen LogP contribution in [0.4, 0.5) is 0 Å². The molecule has 0 radical (unpaired) electrons. The molecule has 7 heteroatoms. The average Bonchev–Trinajstić information content (AvgIpc) is 2.98. The van der Waals surface area contributed by atoms with E-state index in [1.165, 1.54) is 30.3 Å². The number of ether oxygens (including phenoxy) is 2. The van der Waals surface area contributed by atoms with Crippen LogP contribution in [0.2, 0.25) is 0 Å². The Labute approximate surface area is 128 Å². The van der Waals surface area contributed by atoms with Crippen LogP contribution < -0.4 is 14.9 Å². The molecule has 0 fully saturated rings. The van der Waals surface area contributed by atoms with Crippen LogP contribution in [0, 0.1) is 0 Å². The summed E-state index contributed by atoms with van der Waals surface area (Å²) in [5.41, 5.74) is 0.0582. The maximum Gasteiger partial charge on any atom is 0.231 e. The van der Waals surface area contributed by atoms with Gasteiger partial charge in [-0.2, -0.15) is 0 Å². The Kier molecular flexibility index (Phi) is 2.65. The Morgan fingerprint density at radius 3 is 2.57 bits per heavy atom. The Morgan fingerprint density at radius 1 is 0.957 bits per heavy atom. The predicted octanol–water partition coefficient (Wildman–Crippen LogP) is 2.31. The number of aromatic hydroxyl groups is 3. The van der Waals surface area contributed by atoms with Crippen molar-refractivity contribution in [3.05, 3.63) is 40.6 Å². The number of fused-ring (bicyclic) bond motifs is 2. The van der Waals surface area contributed by atoms with E-state index in [1.807, 2.05) is 0 Å². The summed E-state index contributed by atoms with van der Waals surface area (Å²) in [6.07, 6.45) is 0. The summed E-state index contributed by atoms with van der Waals surface area (Å²) in [4.78, 5) is 12.3. The zero-order valence-corrected chi connectivity index (χ0v) is 11.6. The molecule has 0 atom stereocenters. The second kappa shape index (κ2) is 4.57. The molecular formula is C16H10O7. The van der Waals surface area contributed by atoms with Gasteiger partial charge in [0.1, 0.15) is 16.7 Å². The summed E-state index contributed by atoms with van der Waals surface area (Å²) < 4.78 is 16.0. The second-order valence-electron chi connectivity index (χ2n) is 5.01. The molecule has 0 saturated heterocycles. The van der Waals surface area contributed by atoms with Crippen molar-refractivity contribution in [2.24, 2.45) is 0 Å². The molecular weight excluding hydrogens is 304 g/mol. The Morgan fingerprint density at radius 2 is 1.78 bits per heavy atom. The van der Waals surface area contributed by atoms with Gasteiger partial charge >= 0.3 is 0 Å². The van der Waals surface area contributed by atoms with E-state index in [0.717, 1.165) is 0 Å². The van der Waals surface area contributed by atoms with Crippen LogP contribution in [0.15, 0.2) is 39.5 Å². The van der Waals surface area contributed by atoms with Crippen molar-refractivity contribution in [2.75, 3.05) is 6.79 Å². The van der Waals surface area contributed by atoms with Gasteiger partial charge in [0.15, 0.2) is 28.4 Å². The Hall–Kier alpha value is -3.35. The first-order valence-electron chi connectivity index (χ1n) is 6.66. The van der Waals surface area contributed by atoms with Crippen molar-refractivity contribution in [3.63, 3.8) is 0 Å². The number of rotatable bonds is 1. The third-order valence-corrected chi connectivity index (χ3v) is 3.59. The molecule has 0 saturated carbocycles. The van der Waals surface area contributed by atoms with Crippen molar-refractivity contribution in [1.82, 2.24) is 0 Å². The molecule has 7 nitrogen and oxygen atoms in total. The van der Waals surface area contributed by atoms with Crippen LogP contribution >= 0.6 is 0 Å². The number of phenolic OH excluding ortho intramolecular Hbond substituents is 3. The van der Waals surface area contributed by atoms with Gasteiger partial charge in [-0.25, -0.2) is 0 Å². The minimum Gasteiger partial charge on any atom is -0.504 e. The van der Waals surface area contributed by atoms with Crippen molar-refractivity contribution in [3.8, 4) is 40.1 Å². The lowest BCUT2D eigenvalue weighted by molar-refractivity contribution is 0.171. The highest BCUT2D eigenvalue weighted by Gasteiger charge is 2.24. The summed E-state index contributed by atoms with van der Waals surface area (Å²) in [5.74, 6) is -0.375. The van der Waals surface area contributed by atoms with E-state index in [1.54, 1.807) is 0 Å². The molecule has 2 aromatic carbocycles. The summed E-state index contributed by atoms with van der Waals surface area (Å²) in [5, 5.41) is 29.1. The molecule has 1 aliphatic rings. The van der Waals surface area contributed by atoms with Gasteiger partial charge in [0.05, 0.1) is 0 Å². The van der Waals surface area contributed by atoms with E-state index in [2.05, 4.69) is 0 Å². The van der Waals surface area contributed by atoms with Gasteiger partial charge in [-0.1, -0.05) is 0 Å². The highest BCUT2D eigenvalue weighted by Crippen LogP contribution is 2.45. The van der Waals surface area contributed by atoms with Crippen LogP contribution in [-0.4, -0.2) is 22.1 Å². The Balaban J connectivity index is 1.98. The molecule has 23 heavy (non-hydrogen) atoms. The topological polar surface area (TPSA) is 109 Å². The van der Waals surface area contributed by atoms with Crippen LogP contribution in [0.3, 0.4) is 0 Å². The Bertz CT molecular complexity index is 1000. The zero-order chi connectivity index (χ0) is 16.1. The van der Waals surface area contributed by atoms with Crippen LogP contribution in [0.5, 0.6) is 28.7 Å². The minimum atomic E-state index is -0.468. The standard InChI is InChI=1S/C16H10O7/c17-8-2-1-7(3-9(8)18)11-4-10(19)14-12(23-11)5-13-16(15(14)20)22-6-21-13/h1-5,17-18,20H,6H2. The van der Waals surface area contributed by atoms with Crippen molar-refractivity contribution >= 4 is 11.0 Å². The molecule has 3 N–H and O–H groups in total. The third-order valence-electron chi connectivity index (χ3n) is 3.59. The summed E-state index contributed by atoms with van der Waals surface area (Å²) in [6, 6.07) is 6.70. The maximum atomic E-state index is 12.3. The number of hydrogen-bond acceptors (Lipinski definition) is 7. The van der Waals surface area contributed by atoms with E-state index >= 15 is 0 Å². The normalized spacial score (nSPS) is 12.7. The largest absolute Gasteiger partial charge is 0.504 e. The first kappa shape index (κ1) is 13.3. The van der Waals surface area contributed by atoms with Gasteiger partial charge in [-0.05, 0) is 18.2 Å². The van der Waals surface area contributed by atoms with Crippen molar-refractivity contribution in [1.29, 1.82) is 0 Å². The van der Waals surface area contributed by atoms with Gasteiger partial charge in [0, 0.05) is 17.7 Å². The molecule has 0 spiro atoms. The molecule has 3 aromatic rings. The van der Waals surface area contributed by atoms with E-state index in [9.17, 15) is 20.1 Å². The van der Waals surface area contributed by atoms with Gasteiger partial charge in [-0.3, -0.25) is 4.79 Å². The van der Waals surface area contributed by atoms with E-state index in [4.69, 9.17) is 13.9 Å². The van der Waals surface area contributed by atoms with Crippen LogP contribution in [0.25, 0.3) is 22.3 Å². The van der Waals surface area contributed by atoms with Crippen LogP contribution in [0.1, 0.15) is 0 Å². The fourth-order valence-corrected chi connectivity index (χ4v) is 2.48. The van der Waals surface area contributed by atoms with Crippen molar-refractivity contribution < 1.29 is 29.2 Å². The first-order valence-corrected chi connectivity index (χ1v) is 6.66. The van der Waals surface area contributed by atoms with E-state index in [-0.39, 0.29) is 52.3 Å². The highest BCUT2D eigenvalue weighted by atomic mass is 16.7. The smallest absolute Gasteiger partial charge is 0.231 e. The van der Waals surface area contributed by atoms with Crippen molar-refractivity contribution in [2.45, 2.75) is 0 Å². The minimum absolute atomic E-state index is 0.0130. The fraction of sp³-hybridized carbons (Fsp3) is 0.0625. The molecule has 0 bridgehead atoms. The van der Waals surface area contributed by atoms with Gasteiger partial charge < -0.3 is 29.2 Å². The zero-order valence-electron chi connectivity index (χ0n) is 11.6. The highest BCUT2D eigenvalue weighted by molar-refractivity contribution is 5.89. The molecule has 116 valence electrons. The molecule has 0 aliphatic carbocycles. The molecule has 0 unspecified atom stereocenters. The summed E-state index contributed by atoms with van der Waals surface area (Å²) in [6.45, 7) is -0.0495.